The van der Waals surface area contributed by atoms with Gasteiger partial charge >= 0.3 is 0 Å². The molecule has 0 radical (unpaired) electrons. The standard InChI is InChI=1S/C25H22Br2N2O2S/c1-3-28-25-29(4-2)24(30)22(32-25)14-16-12-20(26)23(21(27)13-16)31-15-18-10-7-9-17-8-5-6-11-19(17)18/h5-14H,3-4,15H2,1-2H3/b22-14+,28-25?. The summed E-state index contributed by atoms with van der Waals surface area (Å²) in [4.78, 5) is 19.6. The molecule has 3 aromatic rings. The van der Waals surface area contributed by atoms with Gasteiger partial charge in [0.15, 0.2) is 5.17 Å². The van der Waals surface area contributed by atoms with Gasteiger partial charge in [0.1, 0.15) is 12.4 Å². The molecule has 0 aromatic heterocycles. The quantitative estimate of drug-likeness (QED) is 0.291. The van der Waals surface area contributed by atoms with E-state index in [1.165, 1.54) is 22.5 Å². The zero-order valence-electron chi connectivity index (χ0n) is 17.8. The molecule has 4 rings (SSSR count). The summed E-state index contributed by atoms with van der Waals surface area (Å²) in [6.45, 7) is 5.64. The first kappa shape index (κ1) is 23.1. The molecule has 4 nitrogen and oxygen atoms in total. The molecule has 164 valence electrons. The number of nitrogens with zero attached hydrogens (tertiary/aromatic N) is 2. The Morgan fingerprint density at radius 1 is 1.06 bits per heavy atom. The number of ether oxygens (including phenoxy) is 1. The lowest BCUT2D eigenvalue weighted by atomic mass is 10.1. The molecule has 1 heterocycles. The summed E-state index contributed by atoms with van der Waals surface area (Å²) in [5.74, 6) is 0.724. The maximum Gasteiger partial charge on any atom is 0.266 e. The fourth-order valence-corrected chi connectivity index (χ4v) is 6.12. The minimum absolute atomic E-state index is 0.00627. The Hall–Kier alpha value is -2.09. The van der Waals surface area contributed by atoms with Gasteiger partial charge in [-0.3, -0.25) is 14.7 Å². The number of aliphatic imine (C=N–C) groups is 1. The van der Waals surface area contributed by atoms with Crippen LogP contribution in [0.5, 0.6) is 5.75 Å². The molecule has 1 fully saturated rings. The Morgan fingerprint density at radius 2 is 1.78 bits per heavy atom. The number of likely N-dealkylation sites (N-methyl/N-ethyl adjacent to an activating group) is 1. The first-order chi connectivity index (χ1) is 15.5. The lowest BCUT2D eigenvalue weighted by Crippen LogP contribution is -2.28. The van der Waals surface area contributed by atoms with Crippen LogP contribution in [0.3, 0.4) is 0 Å². The molecule has 32 heavy (non-hydrogen) atoms. The fraction of sp³-hybridized carbons (Fsp3) is 0.200. The highest BCUT2D eigenvalue weighted by atomic mass is 79.9. The summed E-state index contributed by atoms with van der Waals surface area (Å²) in [5, 5.41) is 3.14. The third-order valence-corrected chi connectivity index (χ3v) is 7.29. The number of amidine groups is 1. The van der Waals surface area contributed by atoms with Crippen molar-refractivity contribution in [1.29, 1.82) is 0 Å². The zero-order chi connectivity index (χ0) is 22.7. The minimum atomic E-state index is -0.00627. The van der Waals surface area contributed by atoms with Crippen LogP contribution in [-0.4, -0.2) is 29.1 Å². The van der Waals surface area contributed by atoms with Crippen LogP contribution in [0.2, 0.25) is 0 Å². The van der Waals surface area contributed by atoms with Crippen molar-refractivity contribution in [1.82, 2.24) is 4.90 Å². The second-order valence-corrected chi connectivity index (χ2v) is 9.88. The predicted molar refractivity (Wildman–Crippen MR) is 141 cm³/mol. The van der Waals surface area contributed by atoms with Crippen molar-refractivity contribution in [3.63, 3.8) is 0 Å². The molecule has 0 atom stereocenters. The molecule has 0 unspecified atom stereocenters. The van der Waals surface area contributed by atoms with Crippen LogP contribution in [-0.2, 0) is 11.4 Å². The van der Waals surface area contributed by atoms with Gasteiger partial charge in [0.05, 0.1) is 13.9 Å². The maximum atomic E-state index is 12.7. The maximum absolute atomic E-state index is 12.7. The average Bonchev–Trinajstić information content (AvgIpc) is 3.07. The highest BCUT2D eigenvalue weighted by Crippen LogP contribution is 2.38. The number of carbonyl (C=O) groups excluding carboxylic acids is 1. The fourth-order valence-electron chi connectivity index (χ4n) is 3.56. The van der Waals surface area contributed by atoms with E-state index in [0.29, 0.717) is 24.6 Å². The summed E-state index contributed by atoms with van der Waals surface area (Å²) in [5.41, 5.74) is 2.04. The van der Waals surface area contributed by atoms with Gasteiger partial charge in [-0.1, -0.05) is 42.5 Å². The van der Waals surface area contributed by atoms with E-state index < -0.39 is 0 Å². The van der Waals surface area contributed by atoms with Crippen molar-refractivity contribution in [2.24, 2.45) is 4.99 Å². The van der Waals surface area contributed by atoms with Crippen molar-refractivity contribution in [2.75, 3.05) is 13.1 Å². The number of hydrogen-bond donors (Lipinski definition) is 0. The Bertz CT molecular complexity index is 1210. The minimum Gasteiger partial charge on any atom is -0.487 e. The van der Waals surface area contributed by atoms with Crippen molar-refractivity contribution in [3.8, 4) is 5.75 Å². The molecule has 0 aliphatic carbocycles. The van der Waals surface area contributed by atoms with E-state index in [0.717, 1.165) is 31.0 Å². The topological polar surface area (TPSA) is 41.9 Å². The van der Waals surface area contributed by atoms with Gasteiger partial charge in [-0.15, -0.1) is 0 Å². The van der Waals surface area contributed by atoms with Gasteiger partial charge in [0.25, 0.3) is 5.91 Å². The van der Waals surface area contributed by atoms with Gasteiger partial charge in [-0.2, -0.15) is 0 Å². The van der Waals surface area contributed by atoms with Crippen molar-refractivity contribution in [3.05, 3.63) is 79.6 Å². The molecule has 1 amide bonds. The van der Waals surface area contributed by atoms with Gasteiger partial charge in [-0.25, -0.2) is 0 Å². The van der Waals surface area contributed by atoms with Crippen molar-refractivity contribution >= 4 is 71.5 Å². The summed E-state index contributed by atoms with van der Waals surface area (Å²) in [7, 11) is 0. The zero-order valence-corrected chi connectivity index (χ0v) is 21.8. The molecule has 3 aromatic carbocycles. The van der Waals surface area contributed by atoms with Crippen LogP contribution in [0.1, 0.15) is 25.0 Å². The Labute approximate surface area is 209 Å². The van der Waals surface area contributed by atoms with E-state index in [4.69, 9.17) is 4.74 Å². The van der Waals surface area contributed by atoms with Crippen LogP contribution in [0.4, 0.5) is 0 Å². The number of hydrogen-bond acceptors (Lipinski definition) is 4. The van der Waals surface area contributed by atoms with Crippen LogP contribution >= 0.6 is 43.6 Å². The van der Waals surface area contributed by atoms with Crippen LogP contribution in [0.15, 0.2) is 73.4 Å². The molecule has 7 heteroatoms. The smallest absolute Gasteiger partial charge is 0.266 e. The second-order valence-electron chi connectivity index (χ2n) is 7.16. The van der Waals surface area contributed by atoms with E-state index in [2.05, 4.69) is 61.1 Å². The highest BCUT2D eigenvalue weighted by Gasteiger charge is 2.31. The summed E-state index contributed by atoms with van der Waals surface area (Å²) in [6.07, 6.45) is 1.90. The summed E-state index contributed by atoms with van der Waals surface area (Å²) >= 11 is 8.70. The molecule has 0 saturated carbocycles. The Kier molecular flexibility index (Phi) is 7.38. The second kappa shape index (κ2) is 10.2. The first-order valence-corrected chi connectivity index (χ1v) is 12.8. The molecule has 1 aliphatic heterocycles. The Morgan fingerprint density at radius 3 is 2.50 bits per heavy atom. The van der Waals surface area contributed by atoms with E-state index in [-0.39, 0.29) is 5.91 Å². The van der Waals surface area contributed by atoms with E-state index in [1.807, 2.05) is 50.3 Å². The predicted octanol–water partition coefficient (Wildman–Crippen LogP) is 7.26. The monoisotopic (exact) mass is 572 g/mol. The summed E-state index contributed by atoms with van der Waals surface area (Å²) < 4.78 is 7.82. The first-order valence-electron chi connectivity index (χ1n) is 10.4. The molecule has 1 aliphatic rings. The van der Waals surface area contributed by atoms with E-state index in [9.17, 15) is 4.79 Å². The molecule has 0 N–H and O–H groups in total. The highest BCUT2D eigenvalue weighted by molar-refractivity contribution is 9.11. The number of fused-ring (bicyclic) bond motifs is 1. The Balaban J connectivity index is 1.57. The van der Waals surface area contributed by atoms with E-state index >= 15 is 0 Å². The number of amides is 1. The molecule has 0 bridgehead atoms. The van der Waals surface area contributed by atoms with Crippen molar-refractivity contribution < 1.29 is 9.53 Å². The van der Waals surface area contributed by atoms with Gasteiger partial charge in [0, 0.05) is 13.1 Å². The summed E-state index contributed by atoms with van der Waals surface area (Å²) in [6, 6.07) is 18.5. The number of thioether (sulfide) groups is 1. The normalized spacial score (nSPS) is 16.5. The number of rotatable bonds is 6. The third-order valence-electron chi connectivity index (χ3n) is 5.07. The molecular weight excluding hydrogens is 552 g/mol. The van der Waals surface area contributed by atoms with Crippen LogP contribution in [0, 0.1) is 0 Å². The lowest BCUT2D eigenvalue weighted by Gasteiger charge is -2.13. The third kappa shape index (κ3) is 4.80. The molecular formula is C25H22Br2N2O2S. The largest absolute Gasteiger partial charge is 0.487 e. The van der Waals surface area contributed by atoms with Crippen LogP contribution < -0.4 is 4.74 Å². The van der Waals surface area contributed by atoms with E-state index in [1.54, 1.807) is 4.90 Å². The van der Waals surface area contributed by atoms with Crippen molar-refractivity contribution in [2.45, 2.75) is 20.5 Å². The SMILES string of the molecule is CCN=C1S/C(=C/c2cc(Br)c(OCc3cccc4ccccc34)c(Br)c2)C(=O)N1CC. The molecule has 1 saturated heterocycles. The number of halogens is 2. The molecule has 0 spiro atoms. The van der Waals surface area contributed by atoms with Gasteiger partial charge in [-0.05, 0) is 97.6 Å². The van der Waals surface area contributed by atoms with Gasteiger partial charge < -0.3 is 4.74 Å². The number of benzene rings is 3. The van der Waals surface area contributed by atoms with Gasteiger partial charge in [0.2, 0.25) is 0 Å². The number of carbonyl (C=O) groups is 1. The lowest BCUT2D eigenvalue weighted by molar-refractivity contribution is -0.122. The average molecular weight is 574 g/mol. The van der Waals surface area contributed by atoms with Crippen LogP contribution in [0.25, 0.3) is 16.8 Å².